The van der Waals surface area contributed by atoms with Crippen molar-refractivity contribution < 1.29 is 0 Å². The number of benzene rings is 2. The van der Waals surface area contributed by atoms with E-state index in [1.807, 2.05) is 74.8 Å². The fraction of sp³-hybridized carbons (Fsp3) is 0.0952. The number of aromatic nitrogens is 1. The summed E-state index contributed by atoms with van der Waals surface area (Å²) in [5, 5.41) is 20.2. The molecule has 0 radical (unpaired) electrons. The molecule has 2 aromatic carbocycles. The van der Waals surface area contributed by atoms with Crippen LogP contribution in [0, 0.1) is 22.7 Å². The molecule has 3 rings (SSSR count). The predicted octanol–water partition coefficient (Wildman–Crippen LogP) is 4.71. The number of anilines is 1. The lowest BCUT2D eigenvalue weighted by atomic mass is 9.96. The van der Waals surface area contributed by atoms with Crippen molar-refractivity contribution in [1.29, 1.82) is 10.5 Å². The van der Waals surface area contributed by atoms with Crippen molar-refractivity contribution in [2.24, 2.45) is 0 Å². The predicted molar refractivity (Wildman–Crippen MR) is 104 cm³/mol. The van der Waals surface area contributed by atoms with Crippen molar-refractivity contribution in [1.82, 2.24) is 4.98 Å². The third-order valence-electron chi connectivity index (χ3n) is 3.81. The van der Waals surface area contributed by atoms with Gasteiger partial charge in [-0.15, -0.1) is 0 Å². The van der Waals surface area contributed by atoms with Gasteiger partial charge in [0.2, 0.25) is 0 Å². The Hall–Kier alpha value is -3.28. The van der Waals surface area contributed by atoms with Crippen LogP contribution in [0.1, 0.15) is 11.1 Å². The Kier molecular flexibility index (Phi) is 5.22. The van der Waals surface area contributed by atoms with Crippen LogP contribution in [0.3, 0.4) is 0 Å². The molecule has 0 N–H and O–H groups in total. The first-order valence-corrected chi connectivity index (χ1v) is 8.81. The molecule has 0 fully saturated rings. The largest absolute Gasteiger partial charge is 0.362 e. The molecule has 0 atom stereocenters. The average Bonchev–Trinajstić information content (AvgIpc) is 2.68. The van der Waals surface area contributed by atoms with E-state index in [0.29, 0.717) is 27.5 Å². The lowest BCUT2D eigenvalue weighted by molar-refractivity contribution is 1.00. The first-order valence-electron chi connectivity index (χ1n) is 7.99. The van der Waals surface area contributed by atoms with E-state index < -0.39 is 0 Å². The minimum Gasteiger partial charge on any atom is -0.362 e. The molecule has 3 aromatic rings. The van der Waals surface area contributed by atoms with Crippen LogP contribution in [-0.2, 0) is 0 Å². The molecule has 0 spiro atoms. The van der Waals surface area contributed by atoms with Gasteiger partial charge in [0.25, 0.3) is 0 Å². The highest BCUT2D eigenvalue weighted by atomic mass is 32.2. The van der Waals surface area contributed by atoms with Crippen molar-refractivity contribution in [3.05, 3.63) is 71.8 Å². The summed E-state index contributed by atoms with van der Waals surface area (Å²) in [6.45, 7) is 0. The Morgan fingerprint density at radius 1 is 0.846 bits per heavy atom. The van der Waals surface area contributed by atoms with Crippen molar-refractivity contribution in [3.63, 3.8) is 0 Å². The number of hydrogen-bond donors (Lipinski definition) is 0. The summed E-state index contributed by atoms with van der Waals surface area (Å²) >= 11 is 1.43. The fourth-order valence-corrected chi connectivity index (χ4v) is 3.55. The lowest BCUT2D eigenvalue weighted by Gasteiger charge is -2.19. The summed E-state index contributed by atoms with van der Waals surface area (Å²) in [5.74, 6) is 0.559. The molecule has 1 heterocycles. The number of nitrogens with zero attached hydrogens (tertiary/aromatic N) is 4. The summed E-state index contributed by atoms with van der Waals surface area (Å²) in [6, 6.07) is 23.8. The highest BCUT2D eigenvalue weighted by molar-refractivity contribution is 7.99. The van der Waals surface area contributed by atoms with Gasteiger partial charge in [-0.3, -0.25) is 0 Å². The van der Waals surface area contributed by atoms with Crippen LogP contribution in [0.15, 0.2) is 70.6 Å². The molecule has 26 heavy (non-hydrogen) atoms. The molecule has 0 saturated heterocycles. The van der Waals surface area contributed by atoms with E-state index in [1.165, 1.54) is 11.8 Å². The van der Waals surface area contributed by atoms with Crippen molar-refractivity contribution >= 4 is 17.6 Å². The van der Waals surface area contributed by atoms with Gasteiger partial charge in [-0.2, -0.15) is 10.5 Å². The summed E-state index contributed by atoms with van der Waals surface area (Å²) in [5.41, 5.74) is 2.30. The minimum atomic E-state index is 0.412. The van der Waals surface area contributed by atoms with Crippen LogP contribution in [0.25, 0.3) is 11.1 Å². The molecular formula is C21H16N4S. The Bertz CT molecular complexity index is 1000. The second-order valence-corrected chi connectivity index (χ2v) is 6.83. The zero-order valence-electron chi connectivity index (χ0n) is 14.5. The summed E-state index contributed by atoms with van der Waals surface area (Å²) < 4.78 is 0. The molecule has 126 valence electrons. The Labute approximate surface area is 157 Å². The molecule has 1 aromatic heterocycles. The van der Waals surface area contributed by atoms with Gasteiger partial charge in [-0.25, -0.2) is 4.98 Å². The van der Waals surface area contributed by atoms with Gasteiger partial charge in [-0.1, -0.05) is 60.3 Å². The number of pyridine rings is 1. The van der Waals surface area contributed by atoms with E-state index in [4.69, 9.17) is 0 Å². The second kappa shape index (κ2) is 7.74. The molecule has 0 amide bonds. The lowest BCUT2D eigenvalue weighted by Crippen LogP contribution is -2.14. The van der Waals surface area contributed by atoms with Gasteiger partial charge in [0, 0.05) is 24.6 Å². The van der Waals surface area contributed by atoms with Crippen LogP contribution >= 0.6 is 11.8 Å². The molecule has 0 aliphatic carbocycles. The van der Waals surface area contributed by atoms with Gasteiger partial charge in [0.1, 0.15) is 28.5 Å². The van der Waals surface area contributed by atoms with Crippen molar-refractivity contribution in [2.75, 3.05) is 19.0 Å². The van der Waals surface area contributed by atoms with Gasteiger partial charge >= 0.3 is 0 Å². The molecule has 0 aliphatic heterocycles. The van der Waals surface area contributed by atoms with Crippen molar-refractivity contribution in [2.45, 2.75) is 9.92 Å². The van der Waals surface area contributed by atoms with Crippen LogP contribution < -0.4 is 4.90 Å². The van der Waals surface area contributed by atoms with Gasteiger partial charge < -0.3 is 4.90 Å². The number of nitriles is 2. The third kappa shape index (κ3) is 3.39. The molecule has 0 unspecified atom stereocenters. The summed E-state index contributed by atoms with van der Waals surface area (Å²) in [4.78, 5) is 7.44. The van der Waals surface area contributed by atoms with Crippen LogP contribution in [-0.4, -0.2) is 19.1 Å². The normalized spacial score (nSPS) is 10.0. The van der Waals surface area contributed by atoms with E-state index in [0.717, 1.165) is 10.5 Å². The Morgan fingerprint density at radius 2 is 1.42 bits per heavy atom. The fourth-order valence-electron chi connectivity index (χ4n) is 2.65. The van der Waals surface area contributed by atoms with Gasteiger partial charge in [0.05, 0.1) is 5.56 Å². The average molecular weight is 356 g/mol. The second-order valence-electron chi connectivity index (χ2n) is 5.76. The van der Waals surface area contributed by atoms with E-state index in [9.17, 15) is 10.5 Å². The van der Waals surface area contributed by atoms with E-state index in [-0.39, 0.29) is 0 Å². The van der Waals surface area contributed by atoms with E-state index in [2.05, 4.69) is 17.1 Å². The number of hydrogen-bond acceptors (Lipinski definition) is 5. The summed E-state index contributed by atoms with van der Waals surface area (Å²) in [6.07, 6.45) is 0. The van der Waals surface area contributed by atoms with Gasteiger partial charge in [0.15, 0.2) is 0 Å². The van der Waals surface area contributed by atoms with E-state index >= 15 is 0 Å². The van der Waals surface area contributed by atoms with Gasteiger partial charge in [-0.05, 0) is 17.7 Å². The zero-order chi connectivity index (χ0) is 18.5. The SMILES string of the molecule is CN(C)c1nc(Sc2ccccc2)c(C#N)c(-c2ccccc2)c1C#N. The highest BCUT2D eigenvalue weighted by Gasteiger charge is 2.22. The maximum atomic E-state index is 9.86. The summed E-state index contributed by atoms with van der Waals surface area (Å²) in [7, 11) is 3.70. The molecule has 0 bridgehead atoms. The minimum absolute atomic E-state index is 0.412. The monoisotopic (exact) mass is 356 g/mol. The molecular weight excluding hydrogens is 340 g/mol. The molecule has 0 saturated carbocycles. The highest BCUT2D eigenvalue weighted by Crippen LogP contribution is 2.39. The Balaban J connectivity index is 2.31. The Morgan fingerprint density at radius 3 is 1.96 bits per heavy atom. The molecule has 4 nitrogen and oxygen atoms in total. The molecule has 5 heteroatoms. The van der Waals surface area contributed by atoms with Crippen LogP contribution in [0.5, 0.6) is 0 Å². The maximum Gasteiger partial charge on any atom is 0.148 e. The van der Waals surface area contributed by atoms with Crippen LogP contribution in [0.2, 0.25) is 0 Å². The maximum absolute atomic E-state index is 9.86. The zero-order valence-corrected chi connectivity index (χ0v) is 15.3. The molecule has 0 aliphatic rings. The quantitative estimate of drug-likeness (QED) is 0.677. The topological polar surface area (TPSA) is 63.7 Å². The van der Waals surface area contributed by atoms with Crippen molar-refractivity contribution in [3.8, 4) is 23.3 Å². The van der Waals surface area contributed by atoms with E-state index in [1.54, 1.807) is 4.90 Å². The standard InChI is InChI=1S/C21H16N4S/c1-25(2)20-17(13-22)19(15-9-5-3-6-10-15)18(14-23)21(24-20)26-16-11-7-4-8-12-16/h3-12H,1-2H3. The smallest absolute Gasteiger partial charge is 0.148 e. The third-order valence-corrected chi connectivity index (χ3v) is 4.81. The first-order chi connectivity index (χ1) is 12.7. The first kappa shape index (κ1) is 17.5. The van der Waals surface area contributed by atoms with Crippen LogP contribution in [0.4, 0.5) is 5.82 Å². The number of rotatable bonds is 4.